The lowest BCUT2D eigenvalue weighted by atomic mass is 10.0. The zero-order valence-electron chi connectivity index (χ0n) is 62.7. The van der Waals surface area contributed by atoms with Gasteiger partial charge in [-0.25, -0.2) is 9.13 Å². The molecule has 0 rings (SSSR count). The molecule has 0 aliphatic carbocycles. The monoisotopic (exact) mass is 1430 g/mol. The van der Waals surface area contributed by atoms with Gasteiger partial charge in [-0.1, -0.05) is 320 Å². The number of carbonyl (C=O) groups is 4. The molecule has 3 N–H and O–H groups in total. The summed E-state index contributed by atoms with van der Waals surface area (Å²) >= 11 is 0. The molecule has 0 fully saturated rings. The zero-order chi connectivity index (χ0) is 71.8. The molecule has 0 saturated heterocycles. The van der Waals surface area contributed by atoms with Gasteiger partial charge >= 0.3 is 39.5 Å². The van der Waals surface area contributed by atoms with Crippen molar-refractivity contribution in [2.75, 3.05) is 39.6 Å². The normalized spacial score (nSPS) is 14.2. The van der Waals surface area contributed by atoms with Gasteiger partial charge in [0.1, 0.15) is 19.3 Å². The lowest BCUT2D eigenvalue weighted by Gasteiger charge is -2.21. The van der Waals surface area contributed by atoms with E-state index in [2.05, 4.69) is 76.3 Å². The van der Waals surface area contributed by atoms with E-state index in [4.69, 9.17) is 37.0 Å². The first-order chi connectivity index (χ1) is 47.7. The van der Waals surface area contributed by atoms with Crippen LogP contribution in [-0.2, 0) is 65.4 Å². The minimum atomic E-state index is -4.97. The van der Waals surface area contributed by atoms with Crippen molar-refractivity contribution >= 4 is 39.5 Å². The molecular formula is C79H146O17P2. The number of hydrogen-bond donors (Lipinski definition) is 3. The van der Waals surface area contributed by atoms with Crippen LogP contribution >= 0.6 is 15.6 Å². The van der Waals surface area contributed by atoms with Crippen LogP contribution in [0.3, 0.4) is 0 Å². The van der Waals surface area contributed by atoms with Crippen LogP contribution in [-0.4, -0.2) is 96.7 Å². The van der Waals surface area contributed by atoms with Crippen molar-refractivity contribution in [3.8, 4) is 0 Å². The van der Waals surface area contributed by atoms with Crippen molar-refractivity contribution < 1.29 is 80.2 Å². The van der Waals surface area contributed by atoms with Gasteiger partial charge in [-0.15, -0.1) is 0 Å². The average Bonchev–Trinajstić information content (AvgIpc) is 1.04. The molecule has 98 heavy (non-hydrogen) atoms. The molecule has 0 heterocycles. The second-order valence-electron chi connectivity index (χ2n) is 27.1. The number of esters is 4. The molecule has 0 spiro atoms. The molecular weight excluding hydrogens is 1280 g/mol. The van der Waals surface area contributed by atoms with Gasteiger partial charge in [0.2, 0.25) is 0 Å². The third-order valence-electron chi connectivity index (χ3n) is 17.4. The van der Waals surface area contributed by atoms with Gasteiger partial charge in [-0.3, -0.25) is 37.3 Å². The number of carbonyl (C=O) groups excluding carboxylic acids is 4. The smallest absolute Gasteiger partial charge is 0.462 e. The van der Waals surface area contributed by atoms with Crippen LogP contribution in [0.4, 0.5) is 0 Å². The number of phosphoric ester groups is 2. The number of unbranched alkanes of at least 4 members (excludes halogenated alkanes) is 44. The molecule has 0 saturated carbocycles. The lowest BCUT2D eigenvalue weighted by Crippen LogP contribution is -2.30. The highest BCUT2D eigenvalue weighted by Crippen LogP contribution is 2.45. The molecule has 0 aliphatic heterocycles. The Hall–Kier alpha value is -2.98. The van der Waals surface area contributed by atoms with E-state index >= 15 is 0 Å². The van der Waals surface area contributed by atoms with E-state index in [9.17, 15) is 43.2 Å². The van der Waals surface area contributed by atoms with Gasteiger partial charge in [-0.05, 0) is 77.0 Å². The number of allylic oxidation sites excluding steroid dienone is 8. The van der Waals surface area contributed by atoms with E-state index in [1.807, 2.05) is 0 Å². The Balaban J connectivity index is 5.33. The van der Waals surface area contributed by atoms with Gasteiger partial charge in [0.25, 0.3) is 0 Å². The van der Waals surface area contributed by atoms with Gasteiger partial charge in [0.05, 0.1) is 26.4 Å². The predicted octanol–water partition coefficient (Wildman–Crippen LogP) is 22.9. The maximum atomic E-state index is 13.1. The number of hydrogen-bond acceptors (Lipinski definition) is 15. The van der Waals surface area contributed by atoms with E-state index in [0.717, 1.165) is 122 Å². The summed E-state index contributed by atoms with van der Waals surface area (Å²) in [4.78, 5) is 72.9. The fourth-order valence-electron chi connectivity index (χ4n) is 11.2. The highest BCUT2D eigenvalue weighted by atomic mass is 31.2. The minimum absolute atomic E-state index is 0.0787. The first-order valence-corrected chi connectivity index (χ1v) is 42.9. The molecule has 17 nitrogen and oxygen atoms in total. The molecule has 0 aliphatic rings. The molecule has 574 valence electrons. The maximum absolute atomic E-state index is 13.1. The summed E-state index contributed by atoms with van der Waals surface area (Å²) in [5.41, 5.74) is 0. The van der Waals surface area contributed by atoms with Crippen molar-refractivity contribution in [3.63, 3.8) is 0 Å². The van der Waals surface area contributed by atoms with Crippen LogP contribution in [0, 0.1) is 0 Å². The predicted molar refractivity (Wildman–Crippen MR) is 400 cm³/mol. The Bertz CT molecular complexity index is 2050. The summed E-state index contributed by atoms with van der Waals surface area (Å²) in [6.45, 7) is 4.88. The van der Waals surface area contributed by atoms with Crippen LogP contribution in [0.25, 0.3) is 0 Å². The van der Waals surface area contributed by atoms with Gasteiger partial charge < -0.3 is 33.8 Å². The maximum Gasteiger partial charge on any atom is 0.472 e. The van der Waals surface area contributed by atoms with E-state index < -0.39 is 97.5 Å². The third kappa shape index (κ3) is 71.4. The third-order valence-corrected chi connectivity index (χ3v) is 19.3. The number of aliphatic hydroxyl groups is 1. The van der Waals surface area contributed by atoms with Crippen LogP contribution in [0.15, 0.2) is 48.6 Å². The molecule has 0 radical (unpaired) electrons. The number of ether oxygens (including phenoxy) is 4. The summed E-state index contributed by atoms with van der Waals surface area (Å²) in [7, 11) is -9.94. The van der Waals surface area contributed by atoms with Crippen molar-refractivity contribution in [2.24, 2.45) is 0 Å². The molecule has 0 aromatic rings. The van der Waals surface area contributed by atoms with Crippen molar-refractivity contribution in [1.82, 2.24) is 0 Å². The lowest BCUT2D eigenvalue weighted by molar-refractivity contribution is -0.161. The zero-order valence-corrected chi connectivity index (χ0v) is 64.5. The fraction of sp³-hybridized carbons (Fsp3) is 0.848. The summed E-state index contributed by atoms with van der Waals surface area (Å²) < 4.78 is 68.6. The second kappa shape index (κ2) is 72.4. The summed E-state index contributed by atoms with van der Waals surface area (Å²) in [6.07, 6.45) is 69.4. The molecule has 5 atom stereocenters. The van der Waals surface area contributed by atoms with Crippen LogP contribution in [0.2, 0.25) is 0 Å². The Labute approximate surface area is 597 Å². The van der Waals surface area contributed by atoms with Gasteiger partial charge in [0.15, 0.2) is 12.2 Å². The molecule has 0 amide bonds. The standard InChI is InChI=1S/C79H146O17P2/c1-5-9-13-17-21-25-29-33-36-40-44-48-52-56-60-64-77(82)90-70-75(96-79(84)66-62-58-54-50-46-42-38-35-31-27-23-19-15-11-7-3)72-94-98(87,88)92-68-73(80)67-91-97(85,86)93-71-74(69-89-76(81)63-59-55-51-47-43-39-32-28-24-20-16-12-8-4)95-78(83)65-61-57-53-49-45-41-37-34-30-26-22-18-14-10-6-2/h25,27,29,31,33,35-36,38,73-75,80H,5-24,26,28,30,32,34,37,39-72H2,1-4H3,(H,85,86)(H,87,88)/b29-25-,31-27-,36-33-,38-35-/t73-,74+,75+/m0/s1. The summed E-state index contributed by atoms with van der Waals surface area (Å²) in [5, 5.41) is 10.6. The van der Waals surface area contributed by atoms with Crippen molar-refractivity contribution in [3.05, 3.63) is 48.6 Å². The summed E-state index contributed by atoms with van der Waals surface area (Å²) in [5.74, 6) is -2.17. The van der Waals surface area contributed by atoms with Crippen molar-refractivity contribution in [1.29, 1.82) is 0 Å². The number of rotatable bonds is 76. The van der Waals surface area contributed by atoms with Crippen LogP contribution < -0.4 is 0 Å². The van der Waals surface area contributed by atoms with Crippen LogP contribution in [0.5, 0.6) is 0 Å². The Morgan fingerprint density at radius 3 is 0.745 bits per heavy atom. The number of phosphoric acid groups is 2. The van der Waals surface area contributed by atoms with E-state index in [1.165, 1.54) is 173 Å². The SMILES string of the molecule is CCCCCC/C=C\C=C/CCCCCCCC(=O)OC[C@H](COP(=O)(O)OC[C@@H](O)COP(=O)(O)OC[C@@H](COC(=O)CCCCCCCCCCCCCCC)OC(=O)CCCCCCCCCCCCCCCCC)OC(=O)CCCCCCC/C=C\C=C/CCCCCC. The molecule has 19 heteroatoms. The Morgan fingerprint density at radius 1 is 0.286 bits per heavy atom. The average molecular weight is 1430 g/mol. The second-order valence-corrected chi connectivity index (χ2v) is 30.0. The fourth-order valence-corrected chi connectivity index (χ4v) is 12.8. The molecule has 2 unspecified atom stereocenters. The Kier molecular flexibility index (Phi) is 70.2. The minimum Gasteiger partial charge on any atom is -0.462 e. The summed E-state index contributed by atoms with van der Waals surface area (Å²) in [6, 6.07) is 0. The highest BCUT2D eigenvalue weighted by molar-refractivity contribution is 7.47. The highest BCUT2D eigenvalue weighted by Gasteiger charge is 2.30. The van der Waals surface area contributed by atoms with Crippen molar-refractivity contribution in [2.45, 2.75) is 393 Å². The quantitative estimate of drug-likeness (QED) is 0.0169. The topological polar surface area (TPSA) is 237 Å². The largest absolute Gasteiger partial charge is 0.472 e. The number of aliphatic hydroxyl groups excluding tert-OH is 1. The van der Waals surface area contributed by atoms with E-state index in [1.54, 1.807) is 0 Å². The van der Waals surface area contributed by atoms with Gasteiger partial charge in [-0.2, -0.15) is 0 Å². The van der Waals surface area contributed by atoms with Gasteiger partial charge in [0, 0.05) is 25.7 Å². The van der Waals surface area contributed by atoms with E-state index in [-0.39, 0.29) is 25.7 Å². The molecule has 0 aromatic heterocycles. The first kappa shape index (κ1) is 95.0. The first-order valence-electron chi connectivity index (χ1n) is 39.9. The van der Waals surface area contributed by atoms with E-state index in [0.29, 0.717) is 25.7 Å². The Morgan fingerprint density at radius 2 is 0.490 bits per heavy atom. The van der Waals surface area contributed by atoms with Crippen LogP contribution in [0.1, 0.15) is 374 Å². The molecule has 0 aromatic carbocycles. The molecule has 0 bridgehead atoms.